The van der Waals surface area contributed by atoms with Gasteiger partial charge in [-0.05, 0) is 6.42 Å². The minimum atomic E-state index is -0.827. The number of aromatic nitrogens is 2. The van der Waals surface area contributed by atoms with E-state index in [0.717, 1.165) is 12.0 Å². The highest BCUT2D eigenvalue weighted by Crippen LogP contribution is 2.14. The van der Waals surface area contributed by atoms with Crippen LogP contribution in [-0.2, 0) is 11.2 Å². The van der Waals surface area contributed by atoms with E-state index in [9.17, 15) is 4.79 Å². The molecule has 2 aromatic rings. The third kappa shape index (κ3) is 4.39. The van der Waals surface area contributed by atoms with Gasteiger partial charge < -0.3 is 14.9 Å². The highest BCUT2D eigenvalue weighted by Gasteiger charge is 2.15. The highest BCUT2D eigenvalue weighted by molar-refractivity contribution is 5.73. The van der Waals surface area contributed by atoms with Gasteiger partial charge in [0.1, 0.15) is 6.04 Å². The van der Waals surface area contributed by atoms with E-state index >= 15 is 0 Å². The van der Waals surface area contributed by atoms with Gasteiger partial charge in [-0.1, -0.05) is 48.8 Å². The first-order chi connectivity index (χ1) is 10.2. The molecule has 0 bridgehead atoms. The van der Waals surface area contributed by atoms with E-state index in [1.54, 1.807) is 0 Å². The fourth-order valence-corrected chi connectivity index (χ4v) is 2.02. The quantitative estimate of drug-likeness (QED) is 0.774. The van der Waals surface area contributed by atoms with E-state index in [4.69, 9.17) is 9.63 Å². The van der Waals surface area contributed by atoms with E-state index in [1.165, 1.54) is 0 Å². The summed E-state index contributed by atoms with van der Waals surface area (Å²) in [4.78, 5) is 15.3. The van der Waals surface area contributed by atoms with Crippen LogP contribution in [0.5, 0.6) is 0 Å². The monoisotopic (exact) mass is 289 g/mol. The van der Waals surface area contributed by atoms with Crippen molar-refractivity contribution in [2.75, 3.05) is 6.54 Å². The van der Waals surface area contributed by atoms with Crippen molar-refractivity contribution in [3.8, 4) is 11.4 Å². The van der Waals surface area contributed by atoms with Crippen LogP contribution in [0.4, 0.5) is 0 Å². The molecule has 2 N–H and O–H groups in total. The standard InChI is InChI=1S/C15H19N3O3/c1-2-6-12(15(19)20)16-10-9-13-17-14(18-21-13)11-7-4-3-5-8-11/h3-5,7-8,12,16H,2,6,9-10H2,1H3,(H,19,20). The molecule has 0 saturated heterocycles. The normalized spacial score (nSPS) is 12.2. The second-order valence-electron chi connectivity index (χ2n) is 4.76. The van der Waals surface area contributed by atoms with Gasteiger partial charge in [-0.3, -0.25) is 4.79 Å². The molecule has 0 amide bonds. The molecule has 0 aliphatic heterocycles. The lowest BCUT2D eigenvalue weighted by molar-refractivity contribution is -0.139. The predicted molar refractivity (Wildman–Crippen MR) is 77.8 cm³/mol. The second-order valence-corrected chi connectivity index (χ2v) is 4.76. The Hall–Kier alpha value is -2.21. The number of hydrogen-bond donors (Lipinski definition) is 2. The first kappa shape index (κ1) is 15.2. The summed E-state index contributed by atoms with van der Waals surface area (Å²) in [5.74, 6) is 0.225. The summed E-state index contributed by atoms with van der Waals surface area (Å²) in [7, 11) is 0. The third-order valence-electron chi connectivity index (χ3n) is 3.11. The van der Waals surface area contributed by atoms with Gasteiger partial charge in [0.15, 0.2) is 0 Å². The fourth-order valence-electron chi connectivity index (χ4n) is 2.02. The predicted octanol–water partition coefficient (Wildman–Crippen LogP) is 2.12. The summed E-state index contributed by atoms with van der Waals surface area (Å²) < 4.78 is 5.17. The van der Waals surface area contributed by atoms with E-state index in [2.05, 4.69) is 15.5 Å². The third-order valence-corrected chi connectivity index (χ3v) is 3.11. The van der Waals surface area contributed by atoms with Crippen molar-refractivity contribution >= 4 is 5.97 Å². The number of rotatable bonds is 8. The van der Waals surface area contributed by atoms with Crippen LogP contribution in [0.1, 0.15) is 25.7 Å². The molecule has 1 atom stereocenters. The van der Waals surface area contributed by atoms with Crippen LogP contribution >= 0.6 is 0 Å². The summed E-state index contributed by atoms with van der Waals surface area (Å²) in [5.41, 5.74) is 0.898. The van der Waals surface area contributed by atoms with Crippen molar-refractivity contribution in [1.82, 2.24) is 15.5 Å². The van der Waals surface area contributed by atoms with Gasteiger partial charge in [-0.2, -0.15) is 4.98 Å². The van der Waals surface area contributed by atoms with Crippen molar-refractivity contribution in [2.45, 2.75) is 32.2 Å². The summed E-state index contributed by atoms with van der Waals surface area (Å²) in [6.07, 6.45) is 1.93. The molecule has 0 saturated carbocycles. The average Bonchev–Trinajstić information content (AvgIpc) is 2.96. The summed E-state index contributed by atoms with van der Waals surface area (Å²) in [5, 5.41) is 16.0. The van der Waals surface area contributed by atoms with Crippen molar-refractivity contribution < 1.29 is 14.4 Å². The maximum absolute atomic E-state index is 11.0. The van der Waals surface area contributed by atoms with Crippen LogP contribution in [0, 0.1) is 0 Å². The molecule has 112 valence electrons. The Balaban J connectivity index is 1.87. The van der Waals surface area contributed by atoms with Gasteiger partial charge in [0.05, 0.1) is 0 Å². The van der Waals surface area contributed by atoms with E-state index < -0.39 is 12.0 Å². The molecule has 0 spiro atoms. The Morgan fingerprint density at radius 1 is 1.38 bits per heavy atom. The van der Waals surface area contributed by atoms with Crippen LogP contribution < -0.4 is 5.32 Å². The number of nitrogens with one attached hydrogen (secondary N) is 1. The van der Waals surface area contributed by atoms with Gasteiger partial charge in [0.2, 0.25) is 11.7 Å². The zero-order valence-electron chi connectivity index (χ0n) is 12.0. The van der Waals surface area contributed by atoms with Crippen molar-refractivity contribution in [3.05, 3.63) is 36.2 Å². The summed E-state index contributed by atoms with van der Waals surface area (Å²) in [6, 6.07) is 9.05. The SMILES string of the molecule is CCCC(NCCc1nc(-c2ccccc2)no1)C(=O)O. The van der Waals surface area contributed by atoms with Crippen LogP contribution in [-0.4, -0.2) is 33.8 Å². The Morgan fingerprint density at radius 2 is 2.14 bits per heavy atom. The lowest BCUT2D eigenvalue weighted by Gasteiger charge is -2.11. The number of benzene rings is 1. The molecule has 1 aromatic heterocycles. The molecule has 6 nitrogen and oxygen atoms in total. The minimum Gasteiger partial charge on any atom is -0.480 e. The van der Waals surface area contributed by atoms with Crippen LogP contribution in [0.2, 0.25) is 0 Å². The van der Waals surface area contributed by atoms with Crippen LogP contribution in [0.15, 0.2) is 34.9 Å². The molecule has 2 rings (SSSR count). The molecular formula is C15H19N3O3. The molecular weight excluding hydrogens is 270 g/mol. The number of aliphatic carboxylic acids is 1. The minimum absolute atomic E-state index is 0.493. The van der Waals surface area contributed by atoms with Gasteiger partial charge in [-0.25, -0.2) is 0 Å². The van der Waals surface area contributed by atoms with E-state index in [-0.39, 0.29) is 0 Å². The zero-order valence-corrected chi connectivity index (χ0v) is 12.0. The van der Waals surface area contributed by atoms with E-state index in [1.807, 2.05) is 37.3 Å². The molecule has 21 heavy (non-hydrogen) atoms. The van der Waals surface area contributed by atoms with Crippen molar-refractivity contribution in [1.29, 1.82) is 0 Å². The van der Waals surface area contributed by atoms with Gasteiger partial charge in [-0.15, -0.1) is 0 Å². The van der Waals surface area contributed by atoms with Gasteiger partial charge in [0, 0.05) is 18.5 Å². The van der Waals surface area contributed by atoms with E-state index in [0.29, 0.717) is 31.1 Å². The maximum atomic E-state index is 11.0. The molecule has 0 radical (unpaired) electrons. The van der Waals surface area contributed by atoms with Crippen LogP contribution in [0.3, 0.4) is 0 Å². The zero-order chi connectivity index (χ0) is 15.1. The second kappa shape index (κ2) is 7.54. The molecule has 1 unspecified atom stereocenters. The average molecular weight is 289 g/mol. The number of carboxylic acids is 1. The largest absolute Gasteiger partial charge is 0.480 e. The molecule has 6 heteroatoms. The Bertz CT molecular complexity index is 569. The molecule has 0 aliphatic rings. The van der Waals surface area contributed by atoms with Crippen LogP contribution in [0.25, 0.3) is 11.4 Å². The van der Waals surface area contributed by atoms with Crippen molar-refractivity contribution in [2.24, 2.45) is 0 Å². The lowest BCUT2D eigenvalue weighted by Crippen LogP contribution is -2.37. The Labute approximate surface area is 123 Å². The first-order valence-corrected chi connectivity index (χ1v) is 7.05. The number of carbonyl (C=O) groups is 1. The molecule has 0 fully saturated rings. The lowest BCUT2D eigenvalue weighted by atomic mass is 10.1. The summed E-state index contributed by atoms with van der Waals surface area (Å²) in [6.45, 7) is 2.45. The maximum Gasteiger partial charge on any atom is 0.320 e. The Kier molecular flexibility index (Phi) is 5.45. The smallest absolute Gasteiger partial charge is 0.320 e. The first-order valence-electron chi connectivity index (χ1n) is 7.05. The number of nitrogens with zero attached hydrogens (tertiary/aromatic N) is 2. The van der Waals surface area contributed by atoms with Gasteiger partial charge in [0.25, 0.3) is 0 Å². The number of hydrogen-bond acceptors (Lipinski definition) is 5. The summed E-state index contributed by atoms with van der Waals surface area (Å²) >= 11 is 0. The molecule has 0 aliphatic carbocycles. The molecule has 1 heterocycles. The topological polar surface area (TPSA) is 88.3 Å². The fraction of sp³-hybridized carbons (Fsp3) is 0.400. The van der Waals surface area contributed by atoms with Gasteiger partial charge >= 0.3 is 5.97 Å². The molecule has 1 aromatic carbocycles. The highest BCUT2D eigenvalue weighted by atomic mass is 16.5. The van der Waals surface area contributed by atoms with Crippen molar-refractivity contribution in [3.63, 3.8) is 0 Å². The number of carboxylic acid groups (broad SMARTS) is 1. The Morgan fingerprint density at radius 3 is 2.81 bits per heavy atom.